The predicted molar refractivity (Wildman–Crippen MR) is 95.4 cm³/mol. The van der Waals surface area contributed by atoms with Crippen LogP contribution in [0.5, 0.6) is 11.5 Å². The quantitative estimate of drug-likeness (QED) is 0.817. The summed E-state index contributed by atoms with van der Waals surface area (Å²) < 4.78 is 10.9. The molecule has 4 nitrogen and oxygen atoms in total. The monoisotopic (exact) mass is 337 g/mol. The van der Waals surface area contributed by atoms with Gasteiger partial charge in [0.1, 0.15) is 11.5 Å². The average Bonchev–Trinajstić information content (AvgIpc) is 3.00. The summed E-state index contributed by atoms with van der Waals surface area (Å²) >= 11 is 1.70. The second-order valence-corrected chi connectivity index (χ2v) is 8.56. The lowest BCUT2D eigenvalue weighted by Gasteiger charge is -2.28. The van der Waals surface area contributed by atoms with E-state index >= 15 is 0 Å². The number of ether oxygens (including phenoxy) is 2. The van der Waals surface area contributed by atoms with Crippen molar-refractivity contribution in [3.05, 3.63) is 23.8 Å². The van der Waals surface area contributed by atoms with Gasteiger partial charge in [0.05, 0.1) is 26.0 Å². The van der Waals surface area contributed by atoms with Crippen molar-refractivity contribution in [2.24, 2.45) is 0 Å². The fourth-order valence-corrected chi connectivity index (χ4v) is 3.57. The number of amides is 1. The molecule has 0 saturated carbocycles. The largest absolute Gasteiger partial charge is 0.497 e. The minimum atomic E-state index is 0.0999. The Morgan fingerprint density at radius 3 is 2.65 bits per heavy atom. The molecule has 0 spiro atoms. The molecule has 1 aliphatic heterocycles. The maximum absolute atomic E-state index is 12.6. The fraction of sp³-hybridized carbons (Fsp3) is 0.611. The highest BCUT2D eigenvalue weighted by Crippen LogP contribution is 2.39. The number of carbonyl (C=O) groups excluding carboxylic acids is 1. The molecule has 2 rings (SSSR count). The number of thioether (sulfide) groups is 1. The number of hydrogen-bond donors (Lipinski definition) is 0. The number of methoxy groups -OCH3 is 2. The standard InChI is InChI=1S/C18H27NO3S/c1-18(2,3)23-12-17(20)19-10-6-7-15(19)14-9-8-13(21-4)11-16(14)22-5/h8-9,11,15H,6-7,10,12H2,1-5H3. The molecule has 1 heterocycles. The van der Waals surface area contributed by atoms with E-state index in [4.69, 9.17) is 9.47 Å². The Morgan fingerprint density at radius 1 is 1.30 bits per heavy atom. The van der Waals surface area contributed by atoms with Crippen molar-refractivity contribution in [1.29, 1.82) is 0 Å². The first-order valence-corrected chi connectivity index (χ1v) is 8.99. The zero-order valence-electron chi connectivity index (χ0n) is 14.7. The molecule has 128 valence electrons. The molecule has 1 aromatic rings. The van der Waals surface area contributed by atoms with Gasteiger partial charge in [0, 0.05) is 22.9 Å². The molecule has 1 unspecified atom stereocenters. The van der Waals surface area contributed by atoms with Gasteiger partial charge in [0.15, 0.2) is 0 Å². The van der Waals surface area contributed by atoms with Gasteiger partial charge < -0.3 is 14.4 Å². The van der Waals surface area contributed by atoms with Crippen molar-refractivity contribution >= 4 is 17.7 Å². The van der Waals surface area contributed by atoms with Gasteiger partial charge in [-0.3, -0.25) is 4.79 Å². The Hall–Kier alpha value is -1.36. The second-order valence-electron chi connectivity index (χ2n) is 6.75. The highest BCUT2D eigenvalue weighted by atomic mass is 32.2. The zero-order chi connectivity index (χ0) is 17.0. The molecular weight excluding hydrogens is 310 g/mol. The SMILES string of the molecule is COc1ccc(C2CCCN2C(=O)CSC(C)(C)C)c(OC)c1. The Balaban J connectivity index is 2.17. The van der Waals surface area contributed by atoms with Gasteiger partial charge in [0.25, 0.3) is 0 Å². The third-order valence-corrected chi connectivity index (χ3v) is 5.26. The Morgan fingerprint density at radius 2 is 2.04 bits per heavy atom. The van der Waals surface area contributed by atoms with Gasteiger partial charge >= 0.3 is 0 Å². The molecular formula is C18H27NO3S. The Bertz CT molecular complexity index is 554. The maximum Gasteiger partial charge on any atom is 0.233 e. The van der Waals surface area contributed by atoms with E-state index in [-0.39, 0.29) is 16.7 Å². The van der Waals surface area contributed by atoms with Crippen molar-refractivity contribution in [3.8, 4) is 11.5 Å². The van der Waals surface area contributed by atoms with Crippen molar-refractivity contribution < 1.29 is 14.3 Å². The van der Waals surface area contributed by atoms with Gasteiger partial charge in [-0.2, -0.15) is 0 Å². The average molecular weight is 337 g/mol. The molecule has 1 fully saturated rings. The molecule has 1 atom stereocenters. The van der Waals surface area contributed by atoms with Crippen LogP contribution in [0.3, 0.4) is 0 Å². The molecule has 5 heteroatoms. The van der Waals surface area contributed by atoms with E-state index in [0.717, 1.165) is 36.4 Å². The van der Waals surface area contributed by atoms with Gasteiger partial charge in [-0.25, -0.2) is 0 Å². The molecule has 0 aliphatic carbocycles. The highest BCUT2D eigenvalue weighted by Gasteiger charge is 2.32. The molecule has 0 N–H and O–H groups in total. The van der Waals surface area contributed by atoms with E-state index in [0.29, 0.717) is 5.75 Å². The second kappa shape index (κ2) is 7.47. The van der Waals surface area contributed by atoms with Crippen LogP contribution in [0, 0.1) is 0 Å². The van der Waals surface area contributed by atoms with E-state index < -0.39 is 0 Å². The molecule has 0 aromatic heterocycles. The number of carbonyl (C=O) groups is 1. The predicted octanol–water partition coefficient (Wildman–Crippen LogP) is 3.90. The summed E-state index contributed by atoms with van der Waals surface area (Å²) in [5, 5.41) is 0. The number of hydrogen-bond acceptors (Lipinski definition) is 4. The van der Waals surface area contributed by atoms with Crippen molar-refractivity contribution in [1.82, 2.24) is 4.90 Å². The number of rotatable bonds is 5. The Kier molecular flexibility index (Phi) is 5.84. The number of nitrogens with zero attached hydrogens (tertiary/aromatic N) is 1. The summed E-state index contributed by atoms with van der Waals surface area (Å²) in [6.45, 7) is 7.24. The lowest BCUT2D eigenvalue weighted by Crippen LogP contribution is -2.33. The minimum absolute atomic E-state index is 0.0999. The van der Waals surface area contributed by atoms with Crippen LogP contribution in [-0.4, -0.2) is 42.1 Å². The summed E-state index contributed by atoms with van der Waals surface area (Å²) in [5.74, 6) is 2.30. The normalized spacial score (nSPS) is 18.1. The zero-order valence-corrected chi connectivity index (χ0v) is 15.5. The van der Waals surface area contributed by atoms with Crippen LogP contribution in [0.15, 0.2) is 18.2 Å². The third-order valence-electron chi connectivity index (χ3n) is 4.00. The first-order chi connectivity index (χ1) is 10.9. The molecule has 1 saturated heterocycles. The van der Waals surface area contributed by atoms with Crippen molar-refractivity contribution in [3.63, 3.8) is 0 Å². The van der Waals surface area contributed by atoms with Crippen LogP contribution < -0.4 is 9.47 Å². The van der Waals surface area contributed by atoms with Gasteiger partial charge in [-0.05, 0) is 25.0 Å². The number of benzene rings is 1. The van der Waals surface area contributed by atoms with E-state index in [1.807, 2.05) is 23.1 Å². The first-order valence-electron chi connectivity index (χ1n) is 8.01. The molecule has 1 amide bonds. The van der Waals surface area contributed by atoms with E-state index in [9.17, 15) is 4.79 Å². The van der Waals surface area contributed by atoms with Crippen LogP contribution in [0.1, 0.15) is 45.2 Å². The van der Waals surface area contributed by atoms with Gasteiger partial charge in [-0.1, -0.05) is 20.8 Å². The summed E-state index contributed by atoms with van der Waals surface area (Å²) in [5.41, 5.74) is 1.07. The van der Waals surface area contributed by atoms with Gasteiger partial charge in [0.2, 0.25) is 5.91 Å². The van der Waals surface area contributed by atoms with Crippen LogP contribution in [0.4, 0.5) is 0 Å². The van der Waals surface area contributed by atoms with E-state index in [1.54, 1.807) is 26.0 Å². The van der Waals surface area contributed by atoms with E-state index in [2.05, 4.69) is 20.8 Å². The fourth-order valence-electron chi connectivity index (χ4n) is 2.84. The van der Waals surface area contributed by atoms with Crippen LogP contribution >= 0.6 is 11.8 Å². The highest BCUT2D eigenvalue weighted by molar-refractivity contribution is 8.01. The van der Waals surface area contributed by atoms with Gasteiger partial charge in [-0.15, -0.1) is 11.8 Å². The van der Waals surface area contributed by atoms with E-state index in [1.165, 1.54) is 0 Å². The summed E-state index contributed by atoms with van der Waals surface area (Å²) in [4.78, 5) is 14.6. The number of likely N-dealkylation sites (tertiary alicyclic amines) is 1. The van der Waals surface area contributed by atoms with Crippen LogP contribution in [0.2, 0.25) is 0 Å². The van der Waals surface area contributed by atoms with Crippen molar-refractivity contribution in [2.75, 3.05) is 26.5 Å². The minimum Gasteiger partial charge on any atom is -0.497 e. The Labute approximate surface area is 143 Å². The summed E-state index contributed by atoms with van der Waals surface area (Å²) in [6.07, 6.45) is 2.01. The first kappa shape index (κ1) is 18.0. The van der Waals surface area contributed by atoms with Crippen LogP contribution in [-0.2, 0) is 4.79 Å². The summed E-state index contributed by atoms with van der Waals surface area (Å²) in [7, 11) is 3.30. The molecule has 0 radical (unpaired) electrons. The smallest absolute Gasteiger partial charge is 0.233 e. The lowest BCUT2D eigenvalue weighted by atomic mass is 10.0. The lowest BCUT2D eigenvalue weighted by molar-refractivity contribution is -0.129. The summed E-state index contributed by atoms with van der Waals surface area (Å²) in [6, 6.07) is 5.94. The van der Waals surface area contributed by atoms with Crippen molar-refractivity contribution in [2.45, 2.75) is 44.4 Å². The topological polar surface area (TPSA) is 38.8 Å². The third kappa shape index (κ3) is 4.56. The molecule has 1 aromatic carbocycles. The maximum atomic E-state index is 12.6. The molecule has 0 bridgehead atoms. The molecule has 23 heavy (non-hydrogen) atoms. The molecule has 1 aliphatic rings. The van der Waals surface area contributed by atoms with Crippen LogP contribution in [0.25, 0.3) is 0 Å².